The Kier molecular flexibility index (Phi) is 4.64. The topological polar surface area (TPSA) is 55.8 Å². The van der Waals surface area contributed by atoms with Crippen LogP contribution in [0.3, 0.4) is 0 Å². The lowest BCUT2D eigenvalue weighted by atomic mass is 9.40. The van der Waals surface area contributed by atoms with Gasteiger partial charge in [-0.25, -0.2) is 0 Å². The maximum Gasteiger partial charge on any atom is 0.311 e. The molecule has 0 unspecified atom stereocenters. The van der Waals surface area contributed by atoms with Crippen molar-refractivity contribution >= 4 is 5.97 Å². The molecular weight excluding hydrogens is 424 g/mol. The van der Waals surface area contributed by atoms with Crippen molar-refractivity contribution in [1.82, 2.24) is 0 Å². The van der Waals surface area contributed by atoms with Crippen LogP contribution < -0.4 is 0 Å². The van der Waals surface area contributed by atoms with E-state index in [1.807, 2.05) is 6.92 Å². The number of aliphatic hydroxyl groups excluding tert-OH is 1. The van der Waals surface area contributed by atoms with Gasteiger partial charge in [0.1, 0.15) is 0 Å². The maximum atomic E-state index is 12.4. The monoisotopic (exact) mass is 470 g/mol. The Bertz CT molecular complexity index is 953. The van der Waals surface area contributed by atoms with Gasteiger partial charge >= 0.3 is 5.97 Å². The summed E-state index contributed by atoms with van der Waals surface area (Å²) in [4.78, 5) is 12.4. The molecule has 10 atom stereocenters. The third-order valence-corrected chi connectivity index (χ3v) is 13.1. The Morgan fingerprint density at radius 3 is 2.38 bits per heavy atom. The largest absolute Gasteiger partial charge is 0.433 e. The van der Waals surface area contributed by atoms with Crippen molar-refractivity contribution in [3.8, 4) is 0 Å². The van der Waals surface area contributed by atoms with Crippen molar-refractivity contribution in [3.05, 3.63) is 11.6 Å². The van der Waals surface area contributed by atoms with Crippen LogP contribution in [0.5, 0.6) is 0 Å². The van der Waals surface area contributed by atoms with E-state index in [2.05, 4.69) is 47.6 Å². The van der Waals surface area contributed by atoms with Crippen molar-refractivity contribution in [2.45, 2.75) is 124 Å². The molecule has 0 bridgehead atoms. The summed E-state index contributed by atoms with van der Waals surface area (Å²) < 4.78 is 13.1. The van der Waals surface area contributed by atoms with Crippen LogP contribution >= 0.6 is 0 Å². The smallest absolute Gasteiger partial charge is 0.311 e. The maximum absolute atomic E-state index is 12.4. The zero-order valence-corrected chi connectivity index (χ0v) is 22.5. The van der Waals surface area contributed by atoms with Gasteiger partial charge in [-0.05, 0) is 78.9 Å². The van der Waals surface area contributed by atoms with Gasteiger partial charge in [-0.3, -0.25) is 4.79 Å². The van der Waals surface area contributed by atoms with Gasteiger partial charge in [-0.1, -0.05) is 60.1 Å². The molecule has 0 radical (unpaired) electrons. The van der Waals surface area contributed by atoms with E-state index in [9.17, 15) is 9.90 Å². The van der Waals surface area contributed by atoms with Crippen LogP contribution in [-0.4, -0.2) is 28.6 Å². The van der Waals surface area contributed by atoms with Crippen molar-refractivity contribution in [2.75, 3.05) is 0 Å². The highest BCUT2D eigenvalue weighted by atomic mass is 16.7. The highest BCUT2D eigenvalue weighted by molar-refractivity contribution is 5.74. The van der Waals surface area contributed by atoms with E-state index in [1.165, 1.54) is 12.8 Å². The van der Waals surface area contributed by atoms with Crippen LogP contribution in [0.25, 0.3) is 0 Å². The van der Waals surface area contributed by atoms with Gasteiger partial charge < -0.3 is 14.6 Å². The number of aliphatic hydroxyl groups is 1. The van der Waals surface area contributed by atoms with Gasteiger partial charge in [0.05, 0.1) is 17.6 Å². The van der Waals surface area contributed by atoms with Crippen LogP contribution in [0, 0.1) is 45.3 Å². The summed E-state index contributed by atoms with van der Waals surface area (Å²) in [5.41, 5.74) is 1.84. The highest BCUT2D eigenvalue weighted by Gasteiger charge is 2.75. The summed E-state index contributed by atoms with van der Waals surface area (Å²) in [5, 5.41) is 10.9. The molecule has 2 heterocycles. The summed E-state index contributed by atoms with van der Waals surface area (Å²) in [6.45, 7) is 16.5. The first kappa shape index (κ1) is 23.5. The lowest BCUT2D eigenvalue weighted by Crippen LogP contribution is -2.60. The van der Waals surface area contributed by atoms with E-state index < -0.39 is 5.79 Å². The van der Waals surface area contributed by atoms with Gasteiger partial charge in [-0.2, -0.15) is 0 Å². The van der Waals surface area contributed by atoms with Crippen LogP contribution in [0.15, 0.2) is 11.6 Å². The van der Waals surface area contributed by atoms with Crippen LogP contribution in [0.4, 0.5) is 0 Å². The number of carbonyl (C=O) groups is 1. The first-order valence-corrected chi connectivity index (χ1v) is 14.1. The molecule has 0 aromatic heterocycles. The minimum atomic E-state index is -0.706. The number of esters is 1. The number of fused-ring (bicyclic) bond motifs is 6. The van der Waals surface area contributed by atoms with Crippen molar-refractivity contribution < 1.29 is 19.4 Å². The molecule has 2 spiro atoms. The zero-order chi connectivity index (χ0) is 24.5. The Hall–Kier alpha value is -0.870. The first-order chi connectivity index (χ1) is 15.7. The van der Waals surface area contributed by atoms with Gasteiger partial charge in [0.2, 0.25) is 5.79 Å². The van der Waals surface area contributed by atoms with Gasteiger partial charge in [0.25, 0.3) is 0 Å². The zero-order valence-electron chi connectivity index (χ0n) is 22.5. The Morgan fingerprint density at radius 1 is 0.971 bits per heavy atom. The number of hydrogen-bond acceptors (Lipinski definition) is 4. The third kappa shape index (κ3) is 2.51. The molecule has 0 aromatic carbocycles. The molecule has 5 fully saturated rings. The van der Waals surface area contributed by atoms with E-state index >= 15 is 0 Å². The van der Waals surface area contributed by atoms with Crippen molar-refractivity contribution in [1.29, 1.82) is 0 Å². The second-order valence-electron chi connectivity index (χ2n) is 14.6. The molecule has 2 saturated heterocycles. The van der Waals surface area contributed by atoms with Gasteiger partial charge in [-0.15, -0.1) is 0 Å². The van der Waals surface area contributed by atoms with E-state index in [-0.39, 0.29) is 45.3 Å². The number of rotatable bonds is 0. The number of hydrogen-bond donors (Lipinski definition) is 1. The van der Waals surface area contributed by atoms with Gasteiger partial charge in [0.15, 0.2) is 0 Å². The number of allylic oxidation sites excluding steroid dienone is 2. The number of ether oxygens (including phenoxy) is 2. The van der Waals surface area contributed by atoms with E-state index in [0.29, 0.717) is 24.2 Å². The molecule has 0 aromatic rings. The number of carbonyl (C=O) groups excluding carboxylic acids is 1. The van der Waals surface area contributed by atoms with E-state index in [0.717, 1.165) is 38.5 Å². The average Bonchev–Trinajstić information content (AvgIpc) is 3.28. The van der Waals surface area contributed by atoms with E-state index in [4.69, 9.17) is 9.47 Å². The normalized spacial score (nSPS) is 57.8. The van der Waals surface area contributed by atoms with Crippen LogP contribution in [-0.2, 0) is 14.3 Å². The first-order valence-electron chi connectivity index (χ1n) is 14.1. The summed E-state index contributed by atoms with van der Waals surface area (Å²) in [7, 11) is 0. The van der Waals surface area contributed by atoms with Crippen molar-refractivity contribution in [2.24, 2.45) is 45.3 Å². The summed E-state index contributed by atoms with van der Waals surface area (Å²) in [6, 6.07) is 0. The Morgan fingerprint density at radius 2 is 1.71 bits per heavy atom. The predicted octanol–water partition coefficient (Wildman–Crippen LogP) is 6.41. The predicted molar refractivity (Wildman–Crippen MR) is 132 cm³/mol. The summed E-state index contributed by atoms with van der Waals surface area (Å²) >= 11 is 0. The Labute approximate surface area is 206 Å². The molecule has 4 heteroatoms. The SMILES string of the molecule is C[C@@H]1C[C@@]2(C[C@@H](C)[C@@]3(CC[C@@]4(C)C5=CC[C@H]6C(C)(C)[C@H](O)CC[C@]6(C)[C@@H]5CC[C@@]43C)O2)OC1=O. The molecule has 34 heavy (non-hydrogen) atoms. The molecule has 4 aliphatic carbocycles. The third-order valence-electron chi connectivity index (χ3n) is 13.1. The van der Waals surface area contributed by atoms with Crippen molar-refractivity contribution in [3.63, 3.8) is 0 Å². The quantitative estimate of drug-likeness (QED) is 0.328. The second-order valence-corrected chi connectivity index (χ2v) is 14.6. The standard InChI is InChI=1S/C30H46O4/c1-18-16-29(33-24(18)32)17-19(2)30(34-29)15-14-27(6)21-8-9-22-25(3,4)23(31)11-12-26(22,5)20(21)10-13-28(27,30)7/h8,18-20,22-23,31H,9-17H2,1-7H3/t18-,19-,20-,22+,23-,26-,27+,28+,29-,30-/m1/s1. The lowest BCUT2D eigenvalue weighted by Gasteiger charge is -2.65. The van der Waals surface area contributed by atoms with Crippen LogP contribution in [0.2, 0.25) is 0 Å². The fourth-order valence-corrected chi connectivity index (χ4v) is 10.9. The fourth-order valence-electron chi connectivity index (χ4n) is 10.9. The summed E-state index contributed by atoms with van der Waals surface area (Å²) in [6.07, 6.45) is 11.7. The average molecular weight is 471 g/mol. The molecule has 1 N–H and O–H groups in total. The molecule has 6 rings (SSSR count). The minimum absolute atomic E-state index is 0.0356. The molecule has 4 nitrogen and oxygen atoms in total. The molecule has 3 saturated carbocycles. The van der Waals surface area contributed by atoms with Crippen LogP contribution in [0.1, 0.15) is 106 Å². The second kappa shape index (κ2) is 6.71. The molecular formula is C30H46O4. The minimum Gasteiger partial charge on any atom is -0.433 e. The molecule has 6 aliphatic rings. The lowest BCUT2D eigenvalue weighted by molar-refractivity contribution is -0.258. The van der Waals surface area contributed by atoms with Gasteiger partial charge in [0, 0.05) is 18.3 Å². The summed E-state index contributed by atoms with van der Waals surface area (Å²) in [5.74, 6) is 0.649. The molecule has 190 valence electrons. The molecule has 0 amide bonds. The fraction of sp³-hybridized carbons (Fsp3) is 0.900. The van der Waals surface area contributed by atoms with E-state index in [1.54, 1.807) is 5.57 Å². The Balaban J connectivity index is 1.39. The molecule has 2 aliphatic heterocycles. The highest BCUT2D eigenvalue weighted by Crippen LogP contribution is 2.77.